The minimum absolute atomic E-state index is 0.590. The van der Waals surface area contributed by atoms with Crippen LogP contribution in [0.25, 0.3) is 0 Å². The first-order chi connectivity index (χ1) is 7.76. The van der Waals surface area contributed by atoms with Gasteiger partial charge < -0.3 is 5.32 Å². The van der Waals surface area contributed by atoms with Gasteiger partial charge in [0.2, 0.25) is 0 Å². The first-order valence-electron chi connectivity index (χ1n) is 6.18. The van der Waals surface area contributed by atoms with E-state index in [2.05, 4.69) is 24.4 Å². The molecule has 0 fully saturated rings. The van der Waals surface area contributed by atoms with E-state index in [0.717, 1.165) is 11.4 Å². The zero-order chi connectivity index (χ0) is 11.8. The average Bonchev–Trinajstić information content (AvgIpc) is 2.31. The summed E-state index contributed by atoms with van der Waals surface area (Å²) in [6.45, 7) is 2.24. The van der Waals surface area contributed by atoms with E-state index in [0.29, 0.717) is 6.04 Å². The van der Waals surface area contributed by atoms with Gasteiger partial charge in [-0.15, -0.1) is 0 Å². The highest BCUT2D eigenvalue weighted by molar-refractivity contribution is 6.30. The minimum Gasteiger partial charge on any atom is -0.317 e. The fourth-order valence-corrected chi connectivity index (χ4v) is 2.02. The molecule has 1 nitrogen and oxygen atoms in total. The summed E-state index contributed by atoms with van der Waals surface area (Å²) in [5.74, 6) is 0. The average molecular weight is 240 g/mol. The second kappa shape index (κ2) is 7.70. The van der Waals surface area contributed by atoms with Crippen LogP contribution in [0.15, 0.2) is 24.3 Å². The molecule has 16 heavy (non-hydrogen) atoms. The lowest BCUT2D eigenvalue weighted by atomic mass is 10.0. The minimum atomic E-state index is 0.590. The Hall–Kier alpha value is -0.530. The third-order valence-corrected chi connectivity index (χ3v) is 3.21. The molecule has 0 aliphatic carbocycles. The Morgan fingerprint density at radius 3 is 2.44 bits per heavy atom. The van der Waals surface area contributed by atoms with E-state index in [1.807, 2.05) is 19.2 Å². The summed E-state index contributed by atoms with van der Waals surface area (Å²) in [5.41, 5.74) is 1.36. The van der Waals surface area contributed by atoms with E-state index >= 15 is 0 Å². The van der Waals surface area contributed by atoms with Crippen LogP contribution < -0.4 is 5.32 Å². The van der Waals surface area contributed by atoms with Crippen LogP contribution in [0.3, 0.4) is 0 Å². The Labute approximate surface area is 104 Å². The molecule has 0 aliphatic heterocycles. The third-order valence-electron chi connectivity index (χ3n) is 2.96. The molecule has 0 saturated carbocycles. The molecule has 1 unspecified atom stereocenters. The first kappa shape index (κ1) is 13.5. The number of rotatable bonds is 7. The molecular weight excluding hydrogens is 218 g/mol. The van der Waals surface area contributed by atoms with Crippen molar-refractivity contribution in [2.24, 2.45) is 0 Å². The summed E-state index contributed by atoms with van der Waals surface area (Å²) in [4.78, 5) is 0. The van der Waals surface area contributed by atoms with Gasteiger partial charge in [-0.25, -0.2) is 0 Å². The van der Waals surface area contributed by atoms with Gasteiger partial charge in [-0.2, -0.15) is 0 Å². The molecule has 0 saturated heterocycles. The Kier molecular flexibility index (Phi) is 6.51. The standard InChI is InChI=1S/C14H22ClN/c1-3-4-5-6-14(16-2)11-12-7-9-13(15)10-8-12/h7-10,14,16H,3-6,11H2,1-2H3. The van der Waals surface area contributed by atoms with Crippen molar-refractivity contribution in [3.63, 3.8) is 0 Å². The van der Waals surface area contributed by atoms with E-state index in [4.69, 9.17) is 11.6 Å². The zero-order valence-corrected chi connectivity index (χ0v) is 11.1. The summed E-state index contributed by atoms with van der Waals surface area (Å²) >= 11 is 5.87. The van der Waals surface area contributed by atoms with Crippen molar-refractivity contribution < 1.29 is 0 Å². The van der Waals surface area contributed by atoms with Crippen LogP contribution in [0.4, 0.5) is 0 Å². The van der Waals surface area contributed by atoms with Crippen molar-refractivity contribution in [3.05, 3.63) is 34.9 Å². The van der Waals surface area contributed by atoms with Gasteiger partial charge in [0.15, 0.2) is 0 Å². The molecule has 0 bridgehead atoms. The van der Waals surface area contributed by atoms with Crippen LogP contribution in [-0.4, -0.2) is 13.1 Å². The highest BCUT2D eigenvalue weighted by atomic mass is 35.5. The van der Waals surface area contributed by atoms with Gasteiger partial charge in [-0.3, -0.25) is 0 Å². The normalized spacial score (nSPS) is 12.7. The van der Waals surface area contributed by atoms with Crippen LogP contribution in [0, 0.1) is 0 Å². The van der Waals surface area contributed by atoms with Crippen LogP contribution in [0.5, 0.6) is 0 Å². The summed E-state index contributed by atoms with van der Waals surface area (Å²) in [7, 11) is 2.05. The van der Waals surface area contributed by atoms with Crippen molar-refractivity contribution in [3.8, 4) is 0 Å². The highest BCUT2D eigenvalue weighted by Crippen LogP contribution is 2.13. The Morgan fingerprint density at radius 1 is 1.19 bits per heavy atom. The van der Waals surface area contributed by atoms with Crippen LogP contribution in [0.2, 0.25) is 5.02 Å². The molecule has 0 heterocycles. The van der Waals surface area contributed by atoms with E-state index in [9.17, 15) is 0 Å². The van der Waals surface area contributed by atoms with Crippen molar-refractivity contribution in [2.45, 2.75) is 45.1 Å². The Morgan fingerprint density at radius 2 is 1.88 bits per heavy atom. The first-order valence-corrected chi connectivity index (χ1v) is 6.55. The van der Waals surface area contributed by atoms with E-state index in [1.165, 1.54) is 31.2 Å². The molecule has 1 aromatic carbocycles. The number of likely N-dealkylation sites (N-methyl/N-ethyl adjacent to an activating group) is 1. The summed E-state index contributed by atoms with van der Waals surface area (Å²) < 4.78 is 0. The van der Waals surface area contributed by atoms with Crippen molar-refractivity contribution >= 4 is 11.6 Å². The number of benzene rings is 1. The summed E-state index contributed by atoms with van der Waals surface area (Å²) in [6, 6.07) is 8.76. The number of halogens is 1. The van der Waals surface area contributed by atoms with Crippen LogP contribution in [0.1, 0.15) is 38.2 Å². The van der Waals surface area contributed by atoms with Crippen molar-refractivity contribution in [1.82, 2.24) is 5.32 Å². The topological polar surface area (TPSA) is 12.0 Å². The van der Waals surface area contributed by atoms with E-state index in [1.54, 1.807) is 0 Å². The van der Waals surface area contributed by atoms with Crippen molar-refractivity contribution in [1.29, 1.82) is 0 Å². The summed E-state index contributed by atoms with van der Waals surface area (Å²) in [6.07, 6.45) is 6.29. The third kappa shape index (κ3) is 5.00. The lowest BCUT2D eigenvalue weighted by Gasteiger charge is -2.16. The largest absolute Gasteiger partial charge is 0.317 e. The lowest BCUT2D eigenvalue weighted by Crippen LogP contribution is -2.27. The van der Waals surface area contributed by atoms with E-state index < -0.39 is 0 Å². The van der Waals surface area contributed by atoms with Gasteiger partial charge in [-0.05, 0) is 37.6 Å². The van der Waals surface area contributed by atoms with E-state index in [-0.39, 0.29) is 0 Å². The number of nitrogens with one attached hydrogen (secondary N) is 1. The van der Waals surface area contributed by atoms with Gasteiger partial charge in [-0.1, -0.05) is 49.9 Å². The second-order valence-electron chi connectivity index (χ2n) is 4.31. The second-order valence-corrected chi connectivity index (χ2v) is 4.75. The lowest BCUT2D eigenvalue weighted by molar-refractivity contribution is 0.490. The molecule has 0 aromatic heterocycles. The number of unbranched alkanes of at least 4 members (excludes halogenated alkanes) is 2. The maximum absolute atomic E-state index is 5.87. The smallest absolute Gasteiger partial charge is 0.0406 e. The van der Waals surface area contributed by atoms with Crippen LogP contribution in [-0.2, 0) is 6.42 Å². The maximum Gasteiger partial charge on any atom is 0.0406 e. The molecule has 0 amide bonds. The molecular formula is C14H22ClN. The fraction of sp³-hybridized carbons (Fsp3) is 0.571. The molecule has 0 radical (unpaired) electrons. The van der Waals surface area contributed by atoms with Gasteiger partial charge >= 0.3 is 0 Å². The predicted octanol–water partition coefficient (Wildman–Crippen LogP) is 4.05. The molecule has 1 rings (SSSR count). The van der Waals surface area contributed by atoms with Crippen molar-refractivity contribution in [2.75, 3.05) is 7.05 Å². The molecule has 0 aliphatic rings. The molecule has 1 aromatic rings. The molecule has 1 atom stereocenters. The summed E-state index contributed by atoms with van der Waals surface area (Å²) in [5, 5.41) is 4.21. The molecule has 0 spiro atoms. The molecule has 90 valence electrons. The van der Waals surface area contributed by atoms with Gasteiger partial charge in [0, 0.05) is 11.1 Å². The highest BCUT2D eigenvalue weighted by Gasteiger charge is 2.06. The molecule has 1 N–H and O–H groups in total. The zero-order valence-electron chi connectivity index (χ0n) is 10.3. The number of hydrogen-bond donors (Lipinski definition) is 1. The Bertz CT molecular complexity index is 281. The maximum atomic E-state index is 5.87. The predicted molar refractivity (Wildman–Crippen MR) is 72.1 cm³/mol. The Balaban J connectivity index is 2.40. The quantitative estimate of drug-likeness (QED) is 0.708. The van der Waals surface area contributed by atoms with Gasteiger partial charge in [0.1, 0.15) is 0 Å². The monoisotopic (exact) mass is 239 g/mol. The van der Waals surface area contributed by atoms with Crippen LogP contribution >= 0.6 is 11.6 Å². The van der Waals surface area contributed by atoms with Gasteiger partial charge in [0.25, 0.3) is 0 Å². The van der Waals surface area contributed by atoms with Gasteiger partial charge in [0.05, 0.1) is 0 Å². The molecule has 2 heteroatoms. The fourth-order valence-electron chi connectivity index (χ4n) is 1.89. The number of hydrogen-bond acceptors (Lipinski definition) is 1. The SMILES string of the molecule is CCCCCC(Cc1ccc(Cl)cc1)NC.